The first-order valence-corrected chi connectivity index (χ1v) is 22.6. The van der Waals surface area contributed by atoms with Gasteiger partial charge in [0.1, 0.15) is 18.0 Å². The van der Waals surface area contributed by atoms with Gasteiger partial charge in [-0.1, -0.05) is 163 Å². The van der Waals surface area contributed by atoms with Crippen LogP contribution in [0, 0.1) is 37.5 Å². The van der Waals surface area contributed by atoms with Gasteiger partial charge in [0.2, 0.25) is 0 Å². The summed E-state index contributed by atoms with van der Waals surface area (Å²) in [7, 11) is 0. The molecule has 10 unspecified atom stereocenters. The van der Waals surface area contributed by atoms with E-state index in [4.69, 9.17) is 14.2 Å². The maximum absolute atomic E-state index is 7.41. The molecule has 3 heterocycles. The van der Waals surface area contributed by atoms with Crippen molar-refractivity contribution in [3.8, 4) is 5.75 Å². The molecule has 0 N–H and O–H groups in total. The summed E-state index contributed by atoms with van der Waals surface area (Å²) >= 11 is 0. The zero-order valence-electron chi connectivity index (χ0n) is 35.4. The second kappa shape index (κ2) is 14.5. The second-order valence-corrected chi connectivity index (χ2v) is 18.2. The van der Waals surface area contributed by atoms with Gasteiger partial charge in [-0.05, 0) is 67.5 Å². The van der Waals surface area contributed by atoms with Gasteiger partial charge >= 0.3 is 0 Å². The predicted molar refractivity (Wildman–Crippen MR) is 252 cm³/mol. The molecule has 0 aromatic heterocycles. The molecule has 2 fully saturated rings. The van der Waals surface area contributed by atoms with Gasteiger partial charge in [-0.15, -0.1) is 0 Å². The lowest BCUT2D eigenvalue weighted by atomic mass is 9.74. The summed E-state index contributed by atoms with van der Waals surface area (Å²) in [5.74, 6) is 1.75. The number of benzene rings is 5. The molecular weight excluding hydrogens is 773 g/mol. The molecule has 5 nitrogen and oxygen atoms in total. The van der Waals surface area contributed by atoms with Crippen molar-refractivity contribution < 1.29 is 14.2 Å². The normalized spacial score (nSPS) is 29.4. The molecule has 63 heavy (non-hydrogen) atoms. The van der Waals surface area contributed by atoms with E-state index in [2.05, 4.69) is 218 Å². The highest BCUT2D eigenvalue weighted by molar-refractivity contribution is 5.93. The van der Waals surface area contributed by atoms with Crippen molar-refractivity contribution in [1.29, 1.82) is 0 Å². The highest BCUT2D eigenvalue weighted by atomic mass is 16.5. The maximum atomic E-state index is 7.41. The molecule has 5 aromatic carbocycles. The first-order chi connectivity index (χ1) is 31.1. The van der Waals surface area contributed by atoms with Gasteiger partial charge in [0, 0.05) is 63.4 Å². The topological polar surface area (TPSA) is 34.2 Å². The van der Waals surface area contributed by atoms with E-state index in [1.807, 2.05) is 0 Å². The van der Waals surface area contributed by atoms with Gasteiger partial charge < -0.3 is 24.0 Å². The molecule has 3 aliphatic heterocycles. The second-order valence-electron chi connectivity index (χ2n) is 18.2. The highest BCUT2D eigenvalue weighted by Crippen LogP contribution is 2.60. The van der Waals surface area contributed by atoms with E-state index < -0.39 is 0 Å². The SMILES string of the molecule is Cc1ccc(N(C2=CC3C(OC4c5ccccc5C(N(c5ccc(C)cc5)c5cccc6c5OC5C=CC=CC65)=CC43)c3ccccc32)C2=CC=CC3C2OC2C=CC=CC23)cc1. The van der Waals surface area contributed by atoms with Gasteiger partial charge in [-0.25, -0.2) is 0 Å². The van der Waals surface area contributed by atoms with Crippen LogP contribution in [0.3, 0.4) is 0 Å². The van der Waals surface area contributed by atoms with Crippen LogP contribution in [0.2, 0.25) is 0 Å². The summed E-state index contributed by atoms with van der Waals surface area (Å²) in [6.45, 7) is 4.31. The third kappa shape index (κ3) is 5.76. The Kier molecular flexibility index (Phi) is 8.47. The van der Waals surface area contributed by atoms with Crippen LogP contribution >= 0.6 is 0 Å². The van der Waals surface area contributed by atoms with Crippen LogP contribution in [0.5, 0.6) is 5.75 Å². The number of aryl methyl sites for hydroxylation is 2. The maximum Gasteiger partial charge on any atom is 0.148 e. The molecule has 308 valence electrons. The van der Waals surface area contributed by atoms with E-state index in [1.54, 1.807) is 0 Å². The Morgan fingerprint density at radius 3 is 1.71 bits per heavy atom. The first kappa shape index (κ1) is 36.9. The van der Waals surface area contributed by atoms with Crippen LogP contribution in [-0.4, -0.2) is 18.3 Å². The fourth-order valence-electron chi connectivity index (χ4n) is 11.7. The molecule has 5 aliphatic carbocycles. The van der Waals surface area contributed by atoms with Gasteiger partial charge in [-0.3, -0.25) is 0 Å². The summed E-state index contributed by atoms with van der Waals surface area (Å²) in [5.41, 5.74) is 15.2. The minimum absolute atomic E-state index is 0.0222. The number of fused-ring (bicyclic) bond motifs is 13. The number of para-hydroxylation sites is 1. The van der Waals surface area contributed by atoms with E-state index in [1.165, 1.54) is 44.6 Å². The molecule has 0 amide bonds. The fraction of sp³-hybridized carbons (Fsp3) is 0.207. The van der Waals surface area contributed by atoms with Gasteiger partial charge in [-0.2, -0.15) is 0 Å². The quantitative estimate of drug-likeness (QED) is 0.170. The minimum Gasteiger partial charge on any atom is -0.483 e. The van der Waals surface area contributed by atoms with Crippen LogP contribution in [0.4, 0.5) is 17.1 Å². The average Bonchev–Trinajstić information content (AvgIpc) is 4.03. The first-order valence-electron chi connectivity index (χ1n) is 22.6. The Hall–Kier alpha value is -6.66. The lowest BCUT2D eigenvalue weighted by Crippen LogP contribution is -2.35. The molecule has 5 heteroatoms. The summed E-state index contributed by atoms with van der Waals surface area (Å²) in [6.07, 6.45) is 29.2. The Balaban J connectivity index is 0.989. The van der Waals surface area contributed by atoms with Gasteiger partial charge in [0.15, 0.2) is 0 Å². The van der Waals surface area contributed by atoms with Crippen LogP contribution < -0.4 is 14.5 Å². The summed E-state index contributed by atoms with van der Waals surface area (Å²) in [4.78, 5) is 4.95. The minimum atomic E-state index is -0.131. The van der Waals surface area contributed by atoms with Crippen LogP contribution in [0.1, 0.15) is 57.1 Å². The van der Waals surface area contributed by atoms with Crippen LogP contribution in [0.25, 0.3) is 11.4 Å². The largest absolute Gasteiger partial charge is 0.483 e. The average molecular weight is 821 g/mol. The molecule has 10 atom stereocenters. The monoisotopic (exact) mass is 820 g/mol. The van der Waals surface area contributed by atoms with Crippen molar-refractivity contribution >= 4 is 28.5 Å². The number of hydrogen-bond donors (Lipinski definition) is 0. The van der Waals surface area contributed by atoms with E-state index in [-0.39, 0.29) is 54.2 Å². The Morgan fingerprint density at radius 1 is 0.444 bits per heavy atom. The van der Waals surface area contributed by atoms with Crippen molar-refractivity contribution in [3.63, 3.8) is 0 Å². The molecule has 2 saturated heterocycles. The lowest BCUT2D eigenvalue weighted by molar-refractivity contribution is 0.0314. The molecule has 13 rings (SSSR count). The van der Waals surface area contributed by atoms with Crippen molar-refractivity contribution in [2.24, 2.45) is 23.7 Å². The number of allylic oxidation sites excluding steroid dienone is 6. The molecule has 8 aliphatic rings. The summed E-state index contributed by atoms with van der Waals surface area (Å²) < 4.78 is 21.3. The Bertz CT molecular complexity index is 2930. The number of nitrogens with zero attached hydrogens (tertiary/aromatic N) is 2. The number of hydrogen-bond acceptors (Lipinski definition) is 5. The molecule has 0 spiro atoms. The summed E-state index contributed by atoms with van der Waals surface area (Å²) in [6, 6.07) is 42.4. The zero-order chi connectivity index (χ0) is 41.8. The van der Waals surface area contributed by atoms with Crippen molar-refractivity contribution in [1.82, 2.24) is 0 Å². The molecule has 0 radical (unpaired) electrons. The number of ether oxygens (including phenoxy) is 3. The zero-order valence-corrected chi connectivity index (χ0v) is 35.4. The molecular formula is C58H48N2O3. The van der Waals surface area contributed by atoms with E-state index in [9.17, 15) is 0 Å². The van der Waals surface area contributed by atoms with Crippen molar-refractivity contribution in [3.05, 3.63) is 239 Å². The van der Waals surface area contributed by atoms with E-state index in [0.29, 0.717) is 5.92 Å². The highest BCUT2D eigenvalue weighted by Gasteiger charge is 2.52. The molecule has 0 saturated carbocycles. The summed E-state index contributed by atoms with van der Waals surface area (Å²) in [5, 5.41) is 0. The van der Waals surface area contributed by atoms with Crippen molar-refractivity contribution in [2.45, 2.75) is 50.3 Å². The number of rotatable bonds is 6. The van der Waals surface area contributed by atoms with Gasteiger partial charge in [0.05, 0.1) is 35.4 Å². The Labute approximate surface area is 369 Å². The molecule has 5 aromatic rings. The van der Waals surface area contributed by atoms with E-state index in [0.717, 1.165) is 34.2 Å². The third-order valence-electron chi connectivity index (χ3n) is 14.6. The van der Waals surface area contributed by atoms with Crippen LogP contribution in [-0.2, 0) is 9.47 Å². The third-order valence-corrected chi connectivity index (χ3v) is 14.6. The Morgan fingerprint density at radius 2 is 1.02 bits per heavy atom. The standard InChI is InChI=1S/C58H48N2O3/c1-35-25-29-37(30-26-35)59(49-21-11-19-45-41-15-7-9-23-53(41)61-57(45)49)51-33-47-48-34-52(40-14-4-6-18-44(40)56(48)63-55(47)43-17-5-3-13-39(43)51)60(38-31-27-36(2)28-32-38)50-22-12-20-46-42-16-8-10-24-54(42)62-58(46)50/h3-34,41-42,45,47-48,53-57H,1-2H3. The van der Waals surface area contributed by atoms with Crippen LogP contribution in [0.15, 0.2) is 200 Å². The smallest absolute Gasteiger partial charge is 0.148 e. The lowest BCUT2D eigenvalue weighted by Gasteiger charge is -2.39. The number of anilines is 3. The fourth-order valence-corrected chi connectivity index (χ4v) is 11.7. The molecule has 0 bridgehead atoms. The van der Waals surface area contributed by atoms with Gasteiger partial charge in [0.25, 0.3) is 0 Å². The van der Waals surface area contributed by atoms with Crippen molar-refractivity contribution in [2.75, 3.05) is 9.80 Å². The van der Waals surface area contributed by atoms with E-state index >= 15 is 0 Å². The predicted octanol–water partition coefficient (Wildman–Crippen LogP) is 13.0.